The van der Waals surface area contributed by atoms with Gasteiger partial charge in [-0.2, -0.15) is 0 Å². The molecule has 2 rings (SSSR count). The van der Waals surface area contributed by atoms with Gasteiger partial charge in [-0.1, -0.05) is 95.3 Å². The Morgan fingerprint density at radius 3 is 1.90 bits per heavy atom. The Morgan fingerprint density at radius 2 is 1.41 bits per heavy atom. The largest absolute Gasteiger partial charge is 0.454 e. The number of ketones is 2. The van der Waals surface area contributed by atoms with Crippen LogP contribution in [-0.2, 0) is 32.7 Å². The predicted molar refractivity (Wildman–Crippen MR) is 218 cm³/mol. The maximum Gasteiger partial charge on any atom is 0.309 e. The first-order valence-electron chi connectivity index (χ1n) is 20.6. The molecule has 0 aliphatic carbocycles. The Labute approximate surface area is 316 Å². The summed E-state index contributed by atoms with van der Waals surface area (Å²) in [7, 11) is -5.53. The first-order chi connectivity index (χ1) is 23.6. The van der Waals surface area contributed by atoms with Gasteiger partial charge in [-0.25, -0.2) is 0 Å². The van der Waals surface area contributed by atoms with E-state index in [1.807, 2.05) is 13.8 Å². The van der Waals surface area contributed by atoms with Gasteiger partial charge >= 0.3 is 5.97 Å². The average molecular weight is 770 g/mol. The summed E-state index contributed by atoms with van der Waals surface area (Å²) < 4.78 is 26.7. The van der Waals surface area contributed by atoms with Crippen molar-refractivity contribution >= 4 is 42.2 Å². The number of rotatable bonds is 16. The maximum absolute atomic E-state index is 14.9. The molecule has 0 saturated carbocycles. The topological polar surface area (TPSA) is 91.1 Å². The van der Waals surface area contributed by atoms with Gasteiger partial charge in [0.1, 0.15) is 5.78 Å². The molecule has 0 aromatic heterocycles. The van der Waals surface area contributed by atoms with Crippen LogP contribution < -0.4 is 0 Å². The lowest BCUT2D eigenvalue weighted by Crippen LogP contribution is -2.53. The molecule has 0 bridgehead atoms. The summed E-state index contributed by atoms with van der Waals surface area (Å²) >= 11 is 0. The number of fused-ring (bicyclic) bond motifs is 1. The van der Waals surface area contributed by atoms with Crippen molar-refractivity contribution in [3.63, 3.8) is 0 Å². The lowest BCUT2D eigenvalue weighted by atomic mass is 9.73. The van der Waals surface area contributed by atoms with Crippen LogP contribution in [0.15, 0.2) is 0 Å². The highest BCUT2D eigenvalue weighted by Gasteiger charge is 2.59. The van der Waals surface area contributed by atoms with Crippen molar-refractivity contribution < 1.29 is 32.7 Å². The molecule has 8 nitrogen and oxygen atoms in total. The monoisotopic (exact) mass is 770 g/mol. The molecule has 2 saturated heterocycles. The number of nitrogens with zero attached hydrogens (tertiary/aromatic N) is 1. The van der Waals surface area contributed by atoms with Crippen LogP contribution in [0.5, 0.6) is 0 Å². The van der Waals surface area contributed by atoms with E-state index in [0.29, 0.717) is 13.2 Å². The van der Waals surface area contributed by atoms with Crippen molar-refractivity contribution in [1.29, 1.82) is 0 Å². The van der Waals surface area contributed by atoms with E-state index in [1.54, 1.807) is 0 Å². The van der Waals surface area contributed by atoms with Crippen LogP contribution in [0.4, 0.5) is 0 Å². The normalized spacial score (nSPS) is 31.5. The molecule has 298 valence electrons. The number of cyclic esters (lactones) is 1. The van der Waals surface area contributed by atoms with E-state index >= 15 is 0 Å². The quantitative estimate of drug-likeness (QED) is 0.0664. The van der Waals surface area contributed by atoms with Crippen molar-refractivity contribution in [3.8, 4) is 0 Å². The van der Waals surface area contributed by atoms with Gasteiger partial charge < -0.3 is 18.3 Å². The number of esters is 1. The molecule has 11 heteroatoms. The Kier molecular flexibility index (Phi) is 17.5. The SMILES string of the molecule is CC[Si](CC)(CC)OC1[C@@H](C)CCC[C@]2(C)[C@H](C[C@@H](C(C)=O)OC(=O)C[C@H](O[Si](CC)(CC)CC)C(C)(C)C(=O)[C@@H]1C)N2COCC[Si](C)(C)C. The highest BCUT2D eigenvalue weighted by Crippen LogP contribution is 2.48. The molecule has 0 aromatic rings. The number of carbonyl (C=O) groups is 3. The van der Waals surface area contributed by atoms with Gasteiger partial charge in [-0.3, -0.25) is 19.3 Å². The summed E-state index contributed by atoms with van der Waals surface area (Å²) in [5.74, 6) is -0.726. The first kappa shape index (κ1) is 46.5. The fourth-order valence-corrected chi connectivity index (χ4v) is 15.2. The van der Waals surface area contributed by atoms with E-state index in [-0.39, 0.29) is 47.5 Å². The summed E-state index contributed by atoms with van der Waals surface area (Å²) in [4.78, 5) is 44.2. The van der Waals surface area contributed by atoms with Crippen LogP contribution in [-0.4, -0.2) is 90.4 Å². The van der Waals surface area contributed by atoms with E-state index in [9.17, 15) is 14.4 Å². The van der Waals surface area contributed by atoms with Crippen LogP contribution >= 0.6 is 0 Å². The fraction of sp³-hybridized carbons (Fsp3) is 0.925. The highest BCUT2D eigenvalue weighted by atomic mass is 28.4. The minimum absolute atomic E-state index is 0.0614. The van der Waals surface area contributed by atoms with Crippen LogP contribution in [0.2, 0.25) is 61.9 Å². The zero-order valence-corrected chi connectivity index (χ0v) is 38.7. The molecule has 8 atom stereocenters. The van der Waals surface area contributed by atoms with Crippen LogP contribution in [0.1, 0.15) is 115 Å². The van der Waals surface area contributed by atoms with Crippen LogP contribution in [0.3, 0.4) is 0 Å². The number of hydrogen-bond donors (Lipinski definition) is 0. The molecule has 0 amide bonds. The third-order valence-corrected chi connectivity index (χ3v) is 24.3. The lowest BCUT2D eigenvalue weighted by molar-refractivity contribution is -0.159. The second kappa shape index (κ2) is 19.2. The van der Waals surface area contributed by atoms with Gasteiger partial charge in [0.25, 0.3) is 0 Å². The summed E-state index contributed by atoms with van der Waals surface area (Å²) in [5, 5.41) is 0. The summed E-state index contributed by atoms with van der Waals surface area (Å²) in [5.41, 5.74) is -1.13. The smallest absolute Gasteiger partial charge is 0.309 e. The molecule has 2 fully saturated rings. The van der Waals surface area contributed by atoms with Crippen molar-refractivity contribution in [2.75, 3.05) is 13.3 Å². The molecule has 2 heterocycles. The zero-order valence-electron chi connectivity index (χ0n) is 35.7. The number of Topliss-reactive ketones (excluding diaryl/α,β-unsaturated/α-hetero) is 2. The second-order valence-corrected chi connectivity index (χ2v) is 33.2. The maximum atomic E-state index is 14.9. The number of ether oxygens (including phenoxy) is 2. The molecule has 0 radical (unpaired) electrons. The highest BCUT2D eigenvalue weighted by molar-refractivity contribution is 6.76. The Hall–Kier alpha value is -0.699. The van der Waals surface area contributed by atoms with E-state index < -0.39 is 48.3 Å². The van der Waals surface area contributed by atoms with Crippen molar-refractivity contribution in [3.05, 3.63) is 0 Å². The average Bonchev–Trinajstić information content (AvgIpc) is 3.63. The Balaban J connectivity index is 2.61. The minimum atomic E-state index is -2.24. The summed E-state index contributed by atoms with van der Waals surface area (Å²) in [6.45, 7) is 33.6. The van der Waals surface area contributed by atoms with Crippen LogP contribution in [0.25, 0.3) is 0 Å². The van der Waals surface area contributed by atoms with Crippen molar-refractivity contribution in [2.45, 2.75) is 207 Å². The minimum Gasteiger partial charge on any atom is -0.454 e. The fourth-order valence-electron chi connectivity index (χ4n) is 8.49. The molecular weight excluding hydrogens is 691 g/mol. The van der Waals surface area contributed by atoms with Crippen molar-refractivity contribution in [2.24, 2.45) is 17.3 Å². The molecule has 2 unspecified atom stereocenters. The third kappa shape index (κ3) is 11.9. The molecular formula is C40H79NO7Si3. The molecule has 2 aliphatic rings. The van der Waals surface area contributed by atoms with Crippen molar-refractivity contribution in [1.82, 2.24) is 4.90 Å². The van der Waals surface area contributed by atoms with Gasteiger partial charge in [-0.05, 0) is 74.9 Å². The van der Waals surface area contributed by atoms with Gasteiger partial charge in [0.15, 0.2) is 28.5 Å². The molecule has 0 aromatic carbocycles. The summed E-state index contributed by atoms with van der Waals surface area (Å²) in [6.07, 6.45) is 1.51. The van der Waals surface area contributed by atoms with E-state index in [1.165, 1.54) is 6.92 Å². The predicted octanol–water partition coefficient (Wildman–Crippen LogP) is 9.85. The van der Waals surface area contributed by atoms with Gasteiger partial charge in [-0.15, -0.1) is 0 Å². The van der Waals surface area contributed by atoms with E-state index in [0.717, 1.165) is 68.2 Å². The number of carbonyl (C=O) groups excluding carboxylic acids is 3. The second-order valence-electron chi connectivity index (χ2n) is 18.1. The Morgan fingerprint density at radius 1 is 0.882 bits per heavy atom. The van der Waals surface area contributed by atoms with Gasteiger partial charge in [0.2, 0.25) is 0 Å². The molecule has 51 heavy (non-hydrogen) atoms. The molecule has 0 N–H and O–H groups in total. The van der Waals surface area contributed by atoms with Gasteiger partial charge in [0.05, 0.1) is 25.4 Å². The zero-order chi connectivity index (χ0) is 39.0. The number of hydrogen-bond acceptors (Lipinski definition) is 8. The molecule has 2 aliphatic heterocycles. The molecule has 0 spiro atoms. The third-order valence-electron chi connectivity index (χ3n) is 13.3. The van der Waals surface area contributed by atoms with E-state index in [2.05, 4.69) is 86.9 Å². The lowest BCUT2D eigenvalue weighted by Gasteiger charge is -2.44. The van der Waals surface area contributed by atoms with Gasteiger partial charge in [0, 0.05) is 44.0 Å². The summed E-state index contributed by atoms with van der Waals surface area (Å²) in [6, 6.07) is 6.94. The Bertz CT molecular complexity index is 1120. The first-order valence-corrected chi connectivity index (χ1v) is 29.4. The van der Waals surface area contributed by atoms with E-state index in [4.69, 9.17) is 18.3 Å². The standard InChI is InChI=1S/C40H79NO7Si3/c1-16-50(17-2,18-3)47-35-28-36(43)46-33(32(9)42)27-34-40(12,41(34)29-45-25-26-49(13,14)15)24-22-23-30(7)37(31(8)38(44)39(35,10)11)48-51(19-4,20-5)21-6/h30-31,33-35,37H,16-29H2,1-15H3/t30-,31+,33-,34-,35-,37?,40+,41?/m0/s1. The van der Waals surface area contributed by atoms with Crippen LogP contribution in [0, 0.1) is 17.3 Å².